The van der Waals surface area contributed by atoms with Crippen molar-refractivity contribution in [2.75, 3.05) is 13.1 Å². The first-order valence-corrected chi connectivity index (χ1v) is 8.64. The van der Waals surface area contributed by atoms with Crippen molar-refractivity contribution in [2.45, 2.75) is 33.7 Å². The van der Waals surface area contributed by atoms with Gasteiger partial charge in [-0.05, 0) is 38.0 Å². The second-order valence-corrected chi connectivity index (χ2v) is 6.38. The van der Waals surface area contributed by atoms with Gasteiger partial charge in [-0.1, -0.05) is 12.1 Å². The second-order valence-electron chi connectivity index (χ2n) is 5.31. The molecule has 2 rings (SSSR count). The van der Waals surface area contributed by atoms with Crippen molar-refractivity contribution in [2.24, 2.45) is 4.99 Å². The summed E-state index contributed by atoms with van der Waals surface area (Å²) in [5.74, 6) is 0.586. The fourth-order valence-corrected chi connectivity index (χ4v) is 2.80. The van der Waals surface area contributed by atoms with Gasteiger partial charge in [-0.25, -0.2) is 14.4 Å². The summed E-state index contributed by atoms with van der Waals surface area (Å²) in [4.78, 5) is 8.99. The molecule has 4 nitrogen and oxygen atoms in total. The standard InChI is InChI=1S/C17H23FN4S.HI/c1-4-19-17(20-8-7-15-11-23-13(3)22-15)21-10-14-5-6-16(18)12(2)9-14;/h5-6,9,11H,4,7-8,10H2,1-3H3,(H2,19,20,21);1H. The minimum Gasteiger partial charge on any atom is -0.357 e. The zero-order valence-electron chi connectivity index (χ0n) is 14.2. The molecule has 0 fully saturated rings. The topological polar surface area (TPSA) is 49.3 Å². The predicted octanol–water partition coefficient (Wildman–Crippen LogP) is 3.81. The Bertz CT molecular complexity index is 672. The SMILES string of the molecule is CCNC(=NCc1ccc(F)c(C)c1)NCCc1csc(C)n1.I. The molecule has 132 valence electrons. The average molecular weight is 462 g/mol. The fraction of sp³-hybridized carbons (Fsp3) is 0.412. The highest BCUT2D eigenvalue weighted by atomic mass is 127. The molecule has 0 bridgehead atoms. The Labute approximate surface area is 164 Å². The molecule has 0 saturated heterocycles. The van der Waals surface area contributed by atoms with E-state index in [1.54, 1.807) is 24.3 Å². The van der Waals surface area contributed by atoms with E-state index in [0.29, 0.717) is 12.1 Å². The van der Waals surface area contributed by atoms with Gasteiger partial charge in [-0.15, -0.1) is 35.3 Å². The molecular weight excluding hydrogens is 438 g/mol. The Hall–Kier alpha value is -1.22. The van der Waals surface area contributed by atoms with Gasteiger partial charge in [0, 0.05) is 24.9 Å². The monoisotopic (exact) mass is 462 g/mol. The van der Waals surface area contributed by atoms with Crippen molar-refractivity contribution in [1.29, 1.82) is 0 Å². The molecule has 0 amide bonds. The van der Waals surface area contributed by atoms with Crippen molar-refractivity contribution >= 4 is 41.3 Å². The molecule has 0 radical (unpaired) electrons. The van der Waals surface area contributed by atoms with Gasteiger partial charge in [0.15, 0.2) is 5.96 Å². The van der Waals surface area contributed by atoms with Crippen LogP contribution in [0.15, 0.2) is 28.6 Å². The van der Waals surface area contributed by atoms with Gasteiger partial charge < -0.3 is 10.6 Å². The highest BCUT2D eigenvalue weighted by molar-refractivity contribution is 14.0. The van der Waals surface area contributed by atoms with Crippen LogP contribution in [0.4, 0.5) is 4.39 Å². The number of rotatable bonds is 6. The summed E-state index contributed by atoms with van der Waals surface area (Å²) in [5.41, 5.74) is 2.75. The highest BCUT2D eigenvalue weighted by Gasteiger charge is 2.02. The number of nitrogens with zero attached hydrogens (tertiary/aromatic N) is 2. The maximum Gasteiger partial charge on any atom is 0.191 e. The van der Waals surface area contributed by atoms with Crippen molar-refractivity contribution in [3.8, 4) is 0 Å². The minimum absolute atomic E-state index is 0. The summed E-state index contributed by atoms with van der Waals surface area (Å²) in [6, 6.07) is 5.10. The first-order valence-electron chi connectivity index (χ1n) is 7.76. The molecule has 24 heavy (non-hydrogen) atoms. The van der Waals surface area contributed by atoms with Crippen LogP contribution in [0.2, 0.25) is 0 Å². The summed E-state index contributed by atoms with van der Waals surface area (Å²) in [6.07, 6.45) is 0.865. The molecule has 1 aromatic heterocycles. The molecule has 0 atom stereocenters. The Morgan fingerprint density at radius 1 is 1.29 bits per heavy atom. The second kappa shape index (κ2) is 10.6. The van der Waals surface area contributed by atoms with Crippen molar-refractivity contribution in [3.05, 3.63) is 51.2 Å². The lowest BCUT2D eigenvalue weighted by Gasteiger charge is -2.11. The van der Waals surface area contributed by atoms with Gasteiger partial charge >= 0.3 is 0 Å². The molecule has 2 aromatic rings. The third-order valence-electron chi connectivity index (χ3n) is 3.33. The van der Waals surface area contributed by atoms with Crippen molar-refractivity contribution in [3.63, 3.8) is 0 Å². The van der Waals surface area contributed by atoms with E-state index in [2.05, 4.69) is 26.0 Å². The Balaban J connectivity index is 0.00000288. The molecule has 0 aliphatic rings. The van der Waals surface area contributed by atoms with Crippen LogP contribution in [0.25, 0.3) is 0 Å². The zero-order chi connectivity index (χ0) is 16.7. The highest BCUT2D eigenvalue weighted by Crippen LogP contribution is 2.10. The van der Waals surface area contributed by atoms with Crippen molar-refractivity contribution in [1.82, 2.24) is 15.6 Å². The molecule has 0 unspecified atom stereocenters. The van der Waals surface area contributed by atoms with Gasteiger partial charge in [-0.3, -0.25) is 0 Å². The van der Waals surface area contributed by atoms with Gasteiger partial charge in [0.1, 0.15) is 5.82 Å². The first kappa shape index (κ1) is 20.8. The number of aliphatic imine (C=N–C) groups is 1. The van der Waals surface area contributed by atoms with Crippen LogP contribution in [0.1, 0.15) is 28.8 Å². The molecule has 7 heteroatoms. The Morgan fingerprint density at radius 2 is 2.08 bits per heavy atom. The molecule has 1 aromatic carbocycles. The smallest absolute Gasteiger partial charge is 0.191 e. The quantitative estimate of drug-likeness (QED) is 0.390. The molecule has 0 spiro atoms. The average Bonchev–Trinajstić information content (AvgIpc) is 2.93. The number of aryl methyl sites for hydroxylation is 2. The van der Waals surface area contributed by atoms with E-state index in [1.165, 1.54) is 6.07 Å². The summed E-state index contributed by atoms with van der Waals surface area (Å²) in [6.45, 7) is 7.90. The number of nitrogens with one attached hydrogen (secondary N) is 2. The Kier molecular flexibility index (Phi) is 9.20. The lowest BCUT2D eigenvalue weighted by Crippen LogP contribution is -2.38. The van der Waals surface area contributed by atoms with Gasteiger partial charge in [0.05, 0.1) is 17.2 Å². The largest absolute Gasteiger partial charge is 0.357 e. The van der Waals surface area contributed by atoms with Crippen LogP contribution in [-0.4, -0.2) is 24.0 Å². The molecule has 0 aliphatic carbocycles. The first-order chi connectivity index (χ1) is 11.1. The summed E-state index contributed by atoms with van der Waals surface area (Å²) < 4.78 is 13.3. The molecular formula is C17H24FIN4S. The van der Waals surface area contributed by atoms with Gasteiger partial charge in [-0.2, -0.15) is 0 Å². The predicted molar refractivity (Wildman–Crippen MR) is 110 cm³/mol. The number of aromatic nitrogens is 1. The molecule has 2 N–H and O–H groups in total. The van der Waals surface area contributed by atoms with Crippen LogP contribution in [0, 0.1) is 19.7 Å². The maximum atomic E-state index is 13.3. The van der Waals surface area contributed by atoms with Crippen LogP contribution in [0.5, 0.6) is 0 Å². The third kappa shape index (κ3) is 6.72. The summed E-state index contributed by atoms with van der Waals surface area (Å²) >= 11 is 1.67. The lowest BCUT2D eigenvalue weighted by atomic mass is 10.1. The zero-order valence-corrected chi connectivity index (χ0v) is 17.4. The van der Waals surface area contributed by atoms with E-state index in [1.807, 2.05) is 19.9 Å². The lowest BCUT2D eigenvalue weighted by molar-refractivity contribution is 0.617. The van der Waals surface area contributed by atoms with E-state index < -0.39 is 0 Å². The number of guanidine groups is 1. The maximum absolute atomic E-state index is 13.3. The number of benzene rings is 1. The summed E-state index contributed by atoms with van der Waals surface area (Å²) in [7, 11) is 0. The molecule has 0 aliphatic heterocycles. The number of hydrogen-bond acceptors (Lipinski definition) is 3. The van der Waals surface area contributed by atoms with Gasteiger partial charge in [0.2, 0.25) is 0 Å². The van der Waals surface area contributed by atoms with Crippen LogP contribution in [-0.2, 0) is 13.0 Å². The van der Waals surface area contributed by atoms with E-state index >= 15 is 0 Å². The fourth-order valence-electron chi connectivity index (χ4n) is 2.15. The van der Waals surface area contributed by atoms with E-state index in [0.717, 1.165) is 41.7 Å². The summed E-state index contributed by atoms with van der Waals surface area (Å²) in [5, 5.41) is 9.70. The van der Waals surface area contributed by atoms with Crippen LogP contribution >= 0.6 is 35.3 Å². The number of halogens is 2. The van der Waals surface area contributed by atoms with E-state index in [-0.39, 0.29) is 29.8 Å². The normalized spacial score (nSPS) is 11.1. The molecule has 0 saturated carbocycles. The Morgan fingerprint density at radius 3 is 2.71 bits per heavy atom. The minimum atomic E-state index is -0.179. The number of hydrogen-bond donors (Lipinski definition) is 2. The molecule has 1 heterocycles. The van der Waals surface area contributed by atoms with Crippen molar-refractivity contribution < 1.29 is 4.39 Å². The van der Waals surface area contributed by atoms with Crippen LogP contribution in [0.3, 0.4) is 0 Å². The number of thiazole rings is 1. The van der Waals surface area contributed by atoms with Crippen LogP contribution < -0.4 is 10.6 Å². The van der Waals surface area contributed by atoms with Gasteiger partial charge in [0.25, 0.3) is 0 Å². The van der Waals surface area contributed by atoms with E-state index in [9.17, 15) is 4.39 Å². The third-order valence-corrected chi connectivity index (χ3v) is 4.15. The van der Waals surface area contributed by atoms with E-state index in [4.69, 9.17) is 0 Å².